The number of nitrogens with one attached hydrogen (secondary N) is 1. The average molecular weight is 330 g/mol. The van der Waals surface area contributed by atoms with Crippen molar-refractivity contribution >= 4 is 35.5 Å². The van der Waals surface area contributed by atoms with Crippen LogP contribution in [0.1, 0.15) is 27.2 Å². The number of rotatable bonds is 8. The molecule has 0 spiro atoms. The molecule has 2 N–H and O–H groups in total. The summed E-state index contributed by atoms with van der Waals surface area (Å²) in [6, 6.07) is 0. The van der Waals surface area contributed by atoms with Gasteiger partial charge in [-0.3, -0.25) is 24.1 Å². The Kier molecular flexibility index (Phi) is 6.40. The number of carbonyl (C=O) groups is 4. The van der Waals surface area contributed by atoms with E-state index in [1.807, 2.05) is 13.8 Å². The Bertz CT molecular complexity index is 480. The highest BCUT2D eigenvalue weighted by Gasteiger charge is 2.49. The Morgan fingerprint density at radius 1 is 1.36 bits per heavy atom. The molecular formula is C14H22N2O5S. The SMILES string of the molecule is CC(C)C1(C)CC(=O)N(CCNC(=O)CSCC(=O)O)C1=O. The summed E-state index contributed by atoms with van der Waals surface area (Å²) in [6.07, 6.45) is 0.200. The second-order valence-electron chi connectivity index (χ2n) is 5.84. The van der Waals surface area contributed by atoms with Crippen LogP contribution in [-0.2, 0) is 19.2 Å². The number of hydrogen-bond donors (Lipinski definition) is 2. The molecule has 1 heterocycles. The molecule has 1 aliphatic heterocycles. The Morgan fingerprint density at radius 2 is 2.00 bits per heavy atom. The highest BCUT2D eigenvalue weighted by atomic mass is 32.2. The van der Waals surface area contributed by atoms with Gasteiger partial charge in [0.2, 0.25) is 17.7 Å². The van der Waals surface area contributed by atoms with Crippen LogP contribution in [0.2, 0.25) is 0 Å². The van der Waals surface area contributed by atoms with Crippen LogP contribution in [0.15, 0.2) is 0 Å². The van der Waals surface area contributed by atoms with Crippen molar-refractivity contribution in [3.63, 3.8) is 0 Å². The van der Waals surface area contributed by atoms with Crippen LogP contribution < -0.4 is 5.32 Å². The third kappa shape index (κ3) is 4.46. The molecule has 1 saturated heterocycles. The van der Waals surface area contributed by atoms with E-state index in [0.29, 0.717) is 0 Å². The number of aliphatic carboxylic acids is 1. The van der Waals surface area contributed by atoms with Crippen molar-refractivity contribution in [1.29, 1.82) is 0 Å². The van der Waals surface area contributed by atoms with E-state index in [2.05, 4.69) is 5.32 Å². The lowest BCUT2D eigenvalue weighted by Crippen LogP contribution is -2.41. The molecule has 0 aromatic heterocycles. The minimum absolute atomic E-state index is 0.0396. The zero-order chi connectivity index (χ0) is 16.9. The van der Waals surface area contributed by atoms with Gasteiger partial charge >= 0.3 is 5.97 Å². The first-order valence-corrected chi connectivity index (χ1v) is 8.25. The largest absolute Gasteiger partial charge is 0.481 e. The molecule has 8 heteroatoms. The average Bonchev–Trinajstić information content (AvgIpc) is 2.62. The van der Waals surface area contributed by atoms with Crippen LogP contribution >= 0.6 is 11.8 Å². The van der Waals surface area contributed by atoms with E-state index < -0.39 is 11.4 Å². The molecule has 124 valence electrons. The molecular weight excluding hydrogens is 308 g/mol. The minimum Gasteiger partial charge on any atom is -0.481 e. The molecule has 0 radical (unpaired) electrons. The van der Waals surface area contributed by atoms with Crippen LogP contribution in [0, 0.1) is 11.3 Å². The third-order valence-electron chi connectivity index (χ3n) is 3.94. The summed E-state index contributed by atoms with van der Waals surface area (Å²) in [5.41, 5.74) is -0.668. The first kappa shape index (κ1) is 18.5. The van der Waals surface area contributed by atoms with Crippen molar-refractivity contribution in [1.82, 2.24) is 10.2 Å². The molecule has 0 bridgehead atoms. The first-order valence-electron chi connectivity index (χ1n) is 7.09. The van der Waals surface area contributed by atoms with Gasteiger partial charge in [0.05, 0.1) is 16.9 Å². The van der Waals surface area contributed by atoms with Crippen molar-refractivity contribution in [2.24, 2.45) is 11.3 Å². The number of imide groups is 1. The van der Waals surface area contributed by atoms with Crippen molar-refractivity contribution in [3.8, 4) is 0 Å². The molecule has 1 unspecified atom stereocenters. The van der Waals surface area contributed by atoms with E-state index in [-0.39, 0.29) is 54.7 Å². The molecule has 22 heavy (non-hydrogen) atoms. The predicted octanol–water partition coefficient (Wildman–Crippen LogP) is 0.342. The Labute approximate surface area is 133 Å². The molecule has 1 fully saturated rings. The zero-order valence-electron chi connectivity index (χ0n) is 13.0. The number of carboxylic acids is 1. The quantitative estimate of drug-likeness (QED) is 0.622. The van der Waals surface area contributed by atoms with Gasteiger partial charge in [0.1, 0.15) is 0 Å². The van der Waals surface area contributed by atoms with E-state index in [1.54, 1.807) is 6.92 Å². The second kappa shape index (κ2) is 7.62. The number of carboxylic acid groups (broad SMARTS) is 1. The molecule has 0 aromatic carbocycles. The van der Waals surface area contributed by atoms with E-state index in [0.717, 1.165) is 11.8 Å². The first-order chi connectivity index (χ1) is 10.2. The van der Waals surface area contributed by atoms with Gasteiger partial charge in [0.15, 0.2) is 0 Å². The molecule has 0 aromatic rings. The number of carbonyl (C=O) groups excluding carboxylic acids is 3. The second-order valence-corrected chi connectivity index (χ2v) is 6.82. The van der Waals surface area contributed by atoms with Gasteiger partial charge in [0.25, 0.3) is 0 Å². The van der Waals surface area contributed by atoms with Gasteiger partial charge in [0, 0.05) is 19.5 Å². The summed E-state index contributed by atoms with van der Waals surface area (Å²) in [5.74, 6) is -1.72. The summed E-state index contributed by atoms with van der Waals surface area (Å²) in [7, 11) is 0. The van der Waals surface area contributed by atoms with Gasteiger partial charge < -0.3 is 10.4 Å². The monoisotopic (exact) mass is 330 g/mol. The lowest BCUT2D eigenvalue weighted by Gasteiger charge is -2.26. The number of amides is 3. The van der Waals surface area contributed by atoms with E-state index in [4.69, 9.17) is 5.11 Å². The lowest BCUT2D eigenvalue weighted by molar-refractivity contribution is -0.142. The fourth-order valence-electron chi connectivity index (χ4n) is 2.17. The van der Waals surface area contributed by atoms with Crippen LogP contribution in [-0.4, -0.2) is 58.3 Å². The number of likely N-dealkylation sites (tertiary alicyclic amines) is 1. The fourth-order valence-corrected chi connectivity index (χ4v) is 2.74. The highest BCUT2D eigenvalue weighted by Crippen LogP contribution is 2.38. The summed E-state index contributed by atoms with van der Waals surface area (Å²) in [4.78, 5) is 47.3. The zero-order valence-corrected chi connectivity index (χ0v) is 13.9. The van der Waals surface area contributed by atoms with E-state index in [1.165, 1.54) is 4.90 Å². The van der Waals surface area contributed by atoms with Crippen LogP contribution in [0.3, 0.4) is 0 Å². The maximum Gasteiger partial charge on any atom is 0.313 e. The van der Waals surface area contributed by atoms with E-state index in [9.17, 15) is 19.2 Å². The molecule has 3 amide bonds. The van der Waals surface area contributed by atoms with Gasteiger partial charge in [-0.15, -0.1) is 11.8 Å². The molecule has 1 aliphatic rings. The van der Waals surface area contributed by atoms with Crippen LogP contribution in [0.4, 0.5) is 0 Å². The Hall–Kier alpha value is -1.57. The van der Waals surface area contributed by atoms with Crippen LogP contribution in [0.25, 0.3) is 0 Å². The van der Waals surface area contributed by atoms with E-state index >= 15 is 0 Å². The predicted molar refractivity (Wildman–Crippen MR) is 82.3 cm³/mol. The maximum atomic E-state index is 12.3. The minimum atomic E-state index is -0.973. The van der Waals surface area contributed by atoms with Crippen molar-refractivity contribution in [3.05, 3.63) is 0 Å². The van der Waals surface area contributed by atoms with Gasteiger partial charge in [-0.1, -0.05) is 13.8 Å². The van der Waals surface area contributed by atoms with Gasteiger partial charge in [-0.2, -0.15) is 0 Å². The van der Waals surface area contributed by atoms with Crippen LogP contribution in [0.5, 0.6) is 0 Å². The summed E-state index contributed by atoms with van der Waals surface area (Å²) in [5, 5.41) is 11.0. The summed E-state index contributed by atoms with van der Waals surface area (Å²) >= 11 is 0.998. The molecule has 0 aliphatic carbocycles. The lowest BCUT2D eigenvalue weighted by atomic mass is 9.78. The number of nitrogens with zero attached hydrogens (tertiary/aromatic N) is 1. The standard InChI is InChI=1S/C14H22N2O5S/c1-9(2)14(3)6-11(18)16(13(14)21)5-4-15-10(17)7-22-8-12(19)20/h9H,4-8H2,1-3H3,(H,15,17)(H,19,20). The van der Waals surface area contributed by atoms with Gasteiger partial charge in [-0.25, -0.2) is 0 Å². The third-order valence-corrected chi connectivity index (χ3v) is 4.86. The number of hydrogen-bond acceptors (Lipinski definition) is 5. The fraction of sp³-hybridized carbons (Fsp3) is 0.714. The maximum absolute atomic E-state index is 12.3. The normalized spacial score (nSPS) is 21.5. The number of thioether (sulfide) groups is 1. The molecule has 1 atom stereocenters. The highest BCUT2D eigenvalue weighted by molar-refractivity contribution is 8.00. The Morgan fingerprint density at radius 3 is 2.50 bits per heavy atom. The Balaban J connectivity index is 2.39. The molecule has 7 nitrogen and oxygen atoms in total. The van der Waals surface area contributed by atoms with Crippen molar-refractivity contribution in [2.75, 3.05) is 24.6 Å². The topological polar surface area (TPSA) is 104 Å². The summed E-state index contributed by atoms with van der Waals surface area (Å²) < 4.78 is 0. The van der Waals surface area contributed by atoms with Gasteiger partial charge in [-0.05, 0) is 12.8 Å². The summed E-state index contributed by atoms with van der Waals surface area (Å²) in [6.45, 7) is 5.94. The molecule has 0 saturated carbocycles. The van der Waals surface area contributed by atoms with Crippen molar-refractivity contribution < 1.29 is 24.3 Å². The molecule has 1 rings (SSSR count). The smallest absolute Gasteiger partial charge is 0.313 e. The van der Waals surface area contributed by atoms with Crippen molar-refractivity contribution in [2.45, 2.75) is 27.2 Å².